The molecule has 0 amide bonds. The maximum absolute atomic E-state index is 13.6. The van der Waals surface area contributed by atoms with E-state index in [1.54, 1.807) is 0 Å². The van der Waals surface area contributed by atoms with Gasteiger partial charge in [0.15, 0.2) is 11.6 Å². The summed E-state index contributed by atoms with van der Waals surface area (Å²) in [6, 6.07) is 3.37. The van der Waals surface area contributed by atoms with Gasteiger partial charge in [-0.15, -0.1) is 6.42 Å². The molecule has 1 aromatic carbocycles. The number of terminal acetylenes is 1. The van der Waals surface area contributed by atoms with Crippen molar-refractivity contribution in [2.75, 3.05) is 6.54 Å². The second-order valence-corrected chi connectivity index (χ2v) is 3.59. The molecule has 1 aromatic rings. The Balaban J connectivity index is 3.28. The molecule has 0 heterocycles. The van der Waals surface area contributed by atoms with Gasteiger partial charge in [0.2, 0.25) is 0 Å². The van der Waals surface area contributed by atoms with Gasteiger partial charge in [-0.3, -0.25) is 5.32 Å². The molecular formula is C12H11F2NO2. The fourth-order valence-corrected chi connectivity index (χ4v) is 1.40. The minimum atomic E-state index is -1.77. The topological polar surface area (TPSA) is 49.3 Å². The third kappa shape index (κ3) is 2.43. The van der Waals surface area contributed by atoms with Crippen LogP contribution in [-0.2, 0) is 10.3 Å². The summed E-state index contributed by atoms with van der Waals surface area (Å²) in [7, 11) is 0. The van der Waals surface area contributed by atoms with Crippen LogP contribution in [0.3, 0.4) is 0 Å². The summed E-state index contributed by atoms with van der Waals surface area (Å²) in [5, 5.41) is 11.6. The Kier molecular flexibility index (Phi) is 3.81. The molecule has 2 N–H and O–H groups in total. The normalized spacial score (nSPS) is 13.8. The fourth-order valence-electron chi connectivity index (χ4n) is 1.40. The number of nitrogens with one attached hydrogen (secondary N) is 1. The first kappa shape index (κ1) is 13.1. The van der Waals surface area contributed by atoms with Gasteiger partial charge in [0.1, 0.15) is 5.54 Å². The second-order valence-electron chi connectivity index (χ2n) is 3.59. The van der Waals surface area contributed by atoms with Crippen molar-refractivity contribution in [1.29, 1.82) is 0 Å². The van der Waals surface area contributed by atoms with Gasteiger partial charge in [0.05, 0.1) is 6.54 Å². The van der Waals surface area contributed by atoms with Crippen molar-refractivity contribution < 1.29 is 18.7 Å². The number of benzene rings is 1. The van der Waals surface area contributed by atoms with Gasteiger partial charge >= 0.3 is 5.97 Å². The van der Waals surface area contributed by atoms with Gasteiger partial charge in [0.25, 0.3) is 0 Å². The molecule has 0 saturated carbocycles. The van der Waals surface area contributed by atoms with E-state index in [0.717, 1.165) is 6.07 Å². The van der Waals surface area contributed by atoms with Crippen molar-refractivity contribution >= 4 is 5.97 Å². The molecule has 1 unspecified atom stereocenters. The minimum Gasteiger partial charge on any atom is -0.480 e. The van der Waals surface area contributed by atoms with Gasteiger partial charge in [-0.1, -0.05) is 18.1 Å². The summed E-state index contributed by atoms with van der Waals surface area (Å²) in [5.74, 6) is -1.44. The molecule has 90 valence electrons. The first-order valence-electron chi connectivity index (χ1n) is 4.80. The number of carboxylic acids is 1. The number of hydrogen-bond donors (Lipinski definition) is 2. The molecule has 0 radical (unpaired) electrons. The Bertz CT molecular complexity index is 482. The highest BCUT2D eigenvalue weighted by Gasteiger charge is 2.37. The zero-order chi connectivity index (χ0) is 13.1. The molecule has 1 atom stereocenters. The van der Waals surface area contributed by atoms with E-state index in [0.29, 0.717) is 0 Å². The summed E-state index contributed by atoms with van der Waals surface area (Å²) in [6.07, 6.45) is 5.01. The average Bonchev–Trinajstić information content (AvgIpc) is 2.29. The SMILES string of the molecule is C#CCNC(C)(C(=O)O)c1cccc(F)c1F. The van der Waals surface area contributed by atoms with E-state index in [9.17, 15) is 13.6 Å². The Hall–Kier alpha value is -1.93. The number of hydrogen-bond acceptors (Lipinski definition) is 2. The lowest BCUT2D eigenvalue weighted by Crippen LogP contribution is -2.47. The molecule has 17 heavy (non-hydrogen) atoms. The van der Waals surface area contributed by atoms with E-state index in [1.165, 1.54) is 19.1 Å². The zero-order valence-electron chi connectivity index (χ0n) is 9.13. The van der Waals surface area contributed by atoms with Crippen LogP contribution in [-0.4, -0.2) is 17.6 Å². The smallest absolute Gasteiger partial charge is 0.328 e. The van der Waals surface area contributed by atoms with Crippen molar-refractivity contribution in [3.05, 3.63) is 35.4 Å². The van der Waals surface area contributed by atoms with E-state index in [-0.39, 0.29) is 12.1 Å². The Labute approximate surface area is 97.5 Å². The lowest BCUT2D eigenvalue weighted by Gasteiger charge is -2.26. The molecule has 0 aliphatic heterocycles. The van der Waals surface area contributed by atoms with Gasteiger partial charge in [-0.2, -0.15) is 0 Å². The largest absolute Gasteiger partial charge is 0.480 e. The maximum atomic E-state index is 13.6. The predicted molar refractivity (Wildman–Crippen MR) is 58.2 cm³/mol. The van der Waals surface area contributed by atoms with E-state index in [2.05, 4.69) is 11.2 Å². The summed E-state index contributed by atoms with van der Waals surface area (Å²) in [6.45, 7) is 1.16. The van der Waals surface area contributed by atoms with E-state index in [1.807, 2.05) is 0 Å². The molecule has 0 bridgehead atoms. The van der Waals surface area contributed by atoms with Crippen LogP contribution in [0.15, 0.2) is 18.2 Å². The van der Waals surface area contributed by atoms with Crippen LogP contribution in [0.4, 0.5) is 8.78 Å². The Morgan fingerprint density at radius 1 is 1.59 bits per heavy atom. The van der Waals surface area contributed by atoms with E-state index in [4.69, 9.17) is 11.5 Å². The molecule has 0 saturated heterocycles. The number of carbonyl (C=O) groups is 1. The Morgan fingerprint density at radius 3 is 2.76 bits per heavy atom. The minimum absolute atomic E-state index is 0.0707. The monoisotopic (exact) mass is 239 g/mol. The molecule has 0 aliphatic rings. The van der Waals surface area contributed by atoms with Crippen molar-refractivity contribution in [2.24, 2.45) is 0 Å². The van der Waals surface area contributed by atoms with E-state index >= 15 is 0 Å². The molecule has 0 aliphatic carbocycles. The summed E-state index contributed by atoms with van der Waals surface area (Å²) in [4.78, 5) is 11.2. The first-order chi connectivity index (χ1) is 7.93. The van der Waals surface area contributed by atoms with Crippen molar-refractivity contribution in [1.82, 2.24) is 5.32 Å². The number of carboxylic acid groups (broad SMARTS) is 1. The number of aliphatic carboxylic acids is 1. The van der Waals surface area contributed by atoms with Crippen molar-refractivity contribution in [3.63, 3.8) is 0 Å². The maximum Gasteiger partial charge on any atom is 0.328 e. The standard InChI is InChI=1S/C12H11F2NO2/c1-3-7-15-12(2,11(16)17)8-5-4-6-9(13)10(8)14/h1,4-6,15H,7H2,2H3,(H,16,17). The van der Waals surface area contributed by atoms with Gasteiger partial charge in [-0.05, 0) is 13.0 Å². The van der Waals surface area contributed by atoms with Crippen LogP contribution in [0, 0.1) is 24.0 Å². The first-order valence-corrected chi connectivity index (χ1v) is 4.80. The van der Waals surface area contributed by atoms with Crippen LogP contribution >= 0.6 is 0 Å². The number of halogens is 2. The quantitative estimate of drug-likeness (QED) is 0.782. The second kappa shape index (κ2) is 4.93. The highest BCUT2D eigenvalue weighted by Crippen LogP contribution is 2.25. The highest BCUT2D eigenvalue weighted by molar-refractivity contribution is 5.80. The van der Waals surface area contributed by atoms with Gasteiger partial charge in [-0.25, -0.2) is 13.6 Å². The highest BCUT2D eigenvalue weighted by atomic mass is 19.2. The predicted octanol–water partition coefficient (Wildman–Crippen LogP) is 1.49. The molecule has 0 aromatic heterocycles. The third-order valence-electron chi connectivity index (χ3n) is 2.46. The van der Waals surface area contributed by atoms with Crippen LogP contribution in [0.1, 0.15) is 12.5 Å². The zero-order valence-corrected chi connectivity index (χ0v) is 9.13. The molecule has 1 rings (SSSR count). The molecule has 3 nitrogen and oxygen atoms in total. The van der Waals surface area contributed by atoms with Crippen molar-refractivity contribution in [3.8, 4) is 12.3 Å². The lowest BCUT2D eigenvalue weighted by atomic mass is 9.91. The molecule has 0 spiro atoms. The summed E-state index contributed by atoms with van der Waals surface area (Å²) >= 11 is 0. The van der Waals surface area contributed by atoms with Crippen molar-refractivity contribution in [2.45, 2.75) is 12.5 Å². The summed E-state index contributed by atoms with van der Waals surface area (Å²) in [5.41, 5.74) is -2.06. The molecule has 5 heteroatoms. The average molecular weight is 239 g/mol. The number of rotatable bonds is 4. The van der Waals surface area contributed by atoms with Crippen LogP contribution in [0.2, 0.25) is 0 Å². The van der Waals surface area contributed by atoms with E-state index < -0.39 is 23.1 Å². The van der Waals surface area contributed by atoms with Crippen LogP contribution < -0.4 is 5.32 Å². The summed E-state index contributed by atoms with van der Waals surface area (Å²) < 4.78 is 26.6. The van der Waals surface area contributed by atoms with Crippen LogP contribution in [0.25, 0.3) is 0 Å². The lowest BCUT2D eigenvalue weighted by molar-refractivity contribution is -0.144. The molecule has 0 fully saturated rings. The third-order valence-corrected chi connectivity index (χ3v) is 2.46. The van der Waals surface area contributed by atoms with Gasteiger partial charge < -0.3 is 5.11 Å². The van der Waals surface area contributed by atoms with Gasteiger partial charge in [0, 0.05) is 5.56 Å². The molecular weight excluding hydrogens is 228 g/mol. The fraction of sp³-hybridized carbons (Fsp3) is 0.250. The van der Waals surface area contributed by atoms with Crippen LogP contribution in [0.5, 0.6) is 0 Å². The Morgan fingerprint density at radius 2 is 2.24 bits per heavy atom.